The smallest absolute Gasteiger partial charge is 0.118 e. The molecule has 3 rings (SSSR count). The number of aliphatic hydroxyl groups is 1. The maximum Gasteiger partial charge on any atom is 0.118 e. The van der Waals surface area contributed by atoms with Gasteiger partial charge in [-0.1, -0.05) is 18.2 Å². The summed E-state index contributed by atoms with van der Waals surface area (Å²) in [7, 11) is 1.66. The summed E-state index contributed by atoms with van der Waals surface area (Å²) in [5.41, 5.74) is -1.37. The predicted molar refractivity (Wildman–Crippen MR) is 51.4 cm³/mol. The predicted octanol–water partition coefficient (Wildman–Crippen LogP) is 1.66. The fourth-order valence-corrected chi connectivity index (χ4v) is 2.58. The van der Waals surface area contributed by atoms with Crippen molar-refractivity contribution in [3.05, 3.63) is 24.8 Å². The molecule has 3 aliphatic carbocycles. The van der Waals surface area contributed by atoms with E-state index in [9.17, 15) is 5.11 Å². The summed E-state index contributed by atoms with van der Waals surface area (Å²) in [5.74, 6) is 0.500. The molecule has 2 heteroatoms. The maximum atomic E-state index is 10.3. The van der Waals surface area contributed by atoms with Gasteiger partial charge in [-0.2, -0.15) is 0 Å². The second-order valence-corrected chi connectivity index (χ2v) is 4.08. The van der Waals surface area contributed by atoms with Gasteiger partial charge in [0.15, 0.2) is 0 Å². The third-order valence-corrected chi connectivity index (χ3v) is 3.53. The molecule has 0 amide bonds. The largest absolute Gasteiger partial charge is 0.382 e. The van der Waals surface area contributed by atoms with Crippen LogP contribution in [0.15, 0.2) is 24.8 Å². The summed E-state index contributed by atoms with van der Waals surface area (Å²) in [6, 6.07) is 0. The van der Waals surface area contributed by atoms with Crippen molar-refractivity contribution in [2.24, 2.45) is 5.92 Å². The van der Waals surface area contributed by atoms with Crippen molar-refractivity contribution in [3.63, 3.8) is 0 Å². The first-order chi connectivity index (χ1) is 6.16. The highest BCUT2D eigenvalue weighted by atomic mass is 16.5. The quantitative estimate of drug-likeness (QED) is 0.655. The van der Waals surface area contributed by atoms with E-state index in [2.05, 4.69) is 12.7 Å². The molecule has 0 heterocycles. The zero-order valence-corrected chi connectivity index (χ0v) is 7.99. The average molecular weight is 180 g/mol. The van der Waals surface area contributed by atoms with Crippen LogP contribution in [0.3, 0.4) is 0 Å². The van der Waals surface area contributed by atoms with E-state index in [1.54, 1.807) is 13.2 Å². The molecule has 0 spiro atoms. The van der Waals surface area contributed by atoms with Crippen LogP contribution in [0.2, 0.25) is 0 Å². The summed E-state index contributed by atoms with van der Waals surface area (Å²) in [6.07, 6.45) is 8.55. The molecule has 2 bridgehead atoms. The van der Waals surface area contributed by atoms with E-state index >= 15 is 0 Å². The minimum absolute atomic E-state index is 0.500. The van der Waals surface area contributed by atoms with Crippen LogP contribution in [0.4, 0.5) is 0 Å². The van der Waals surface area contributed by atoms with Crippen molar-refractivity contribution in [2.75, 3.05) is 7.11 Å². The zero-order chi connectivity index (χ0) is 9.53. The number of rotatable bonds is 2. The minimum Gasteiger partial charge on any atom is -0.382 e. The van der Waals surface area contributed by atoms with E-state index in [4.69, 9.17) is 4.74 Å². The maximum absolute atomic E-state index is 10.3. The topological polar surface area (TPSA) is 29.5 Å². The summed E-state index contributed by atoms with van der Waals surface area (Å²) in [5, 5.41) is 10.3. The number of fused-ring (bicyclic) bond motifs is 2. The summed E-state index contributed by atoms with van der Waals surface area (Å²) < 4.78 is 5.46. The van der Waals surface area contributed by atoms with Crippen LogP contribution >= 0.6 is 0 Å². The normalized spacial score (nSPS) is 48.0. The molecule has 3 atom stereocenters. The van der Waals surface area contributed by atoms with E-state index in [-0.39, 0.29) is 0 Å². The molecule has 0 aliphatic heterocycles. The first-order valence-corrected chi connectivity index (χ1v) is 4.76. The molecule has 0 radical (unpaired) electrons. The lowest BCUT2D eigenvalue weighted by Gasteiger charge is -2.51. The lowest BCUT2D eigenvalue weighted by molar-refractivity contribution is -0.151. The molecular formula is C11H16O2. The Morgan fingerprint density at radius 3 is 2.85 bits per heavy atom. The summed E-state index contributed by atoms with van der Waals surface area (Å²) in [4.78, 5) is 0. The van der Waals surface area contributed by atoms with Crippen molar-refractivity contribution in [1.82, 2.24) is 0 Å². The van der Waals surface area contributed by atoms with E-state index in [0.717, 1.165) is 19.3 Å². The first-order valence-electron chi connectivity index (χ1n) is 4.76. The van der Waals surface area contributed by atoms with Gasteiger partial charge >= 0.3 is 0 Å². The molecule has 3 aliphatic rings. The molecule has 72 valence electrons. The van der Waals surface area contributed by atoms with Crippen molar-refractivity contribution in [1.29, 1.82) is 0 Å². The Morgan fingerprint density at radius 2 is 2.46 bits per heavy atom. The van der Waals surface area contributed by atoms with Crippen molar-refractivity contribution in [3.8, 4) is 0 Å². The van der Waals surface area contributed by atoms with E-state index < -0.39 is 11.2 Å². The molecule has 1 saturated carbocycles. The van der Waals surface area contributed by atoms with Crippen molar-refractivity contribution >= 4 is 0 Å². The van der Waals surface area contributed by atoms with Gasteiger partial charge in [-0.25, -0.2) is 0 Å². The van der Waals surface area contributed by atoms with Crippen LogP contribution < -0.4 is 0 Å². The summed E-state index contributed by atoms with van der Waals surface area (Å²) in [6.45, 7) is 3.70. The summed E-state index contributed by atoms with van der Waals surface area (Å²) >= 11 is 0. The van der Waals surface area contributed by atoms with Crippen LogP contribution in [-0.2, 0) is 4.74 Å². The monoisotopic (exact) mass is 180 g/mol. The Labute approximate surface area is 78.9 Å². The molecule has 0 aromatic rings. The van der Waals surface area contributed by atoms with E-state index in [0.29, 0.717) is 5.92 Å². The van der Waals surface area contributed by atoms with Gasteiger partial charge in [0.1, 0.15) is 11.2 Å². The van der Waals surface area contributed by atoms with Gasteiger partial charge in [0, 0.05) is 7.11 Å². The molecule has 1 fully saturated rings. The van der Waals surface area contributed by atoms with Gasteiger partial charge in [-0.15, -0.1) is 6.58 Å². The van der Waals surface area contributed by atoms with Crippen molar-refractivity contribution < 1.29 is 9.84 Å². The van der Waals surface area contributed by atoms with E-state index in [1.165, 1.54) is 0 Å². The molecule has 0 aromatic heterocycles. The molecular weight excluding hydrogens is 164 g/mol. The molecule has 1 N–H and O–H groups in total. The van der Waals surface area contributed by atoms with Gasteiger partial charge in [-0.05, 0) is 25.2 Å². The Hall–Kier alpha value is -0.600. The Bertz CT molecular complexity index is 259. The lowest BCUT2D eigenvalue weighted by Crippen LogP contribution is -2.58. The number of ether oxygens (including phenoxy) is 1. The van der Waals surface area contributed by atoms with Gasteiger partial charge in [0.2, 0.25) is 0 Å². The second kappa shape index (κ2) is 2.69. The number of hydrogen-bond acceptors (Lipinski definition) is 2. The zero-order valence-electron chi connectivity index (χ0n) is 7.99. The number of allylic oxidation sites excluding steroid dienone is 1. The highest BCUT2D eigenvalue weighted by Crippen LogP contribution is 2.48. The van der Waals surface area contributed by atoms with Crippen LogP contribution in [0.25, 0.3) is 0 Å². The van der Waals surface area contributed by atoms with E-state index in [1.807, 2.05) is 6.08 Å². The average Bonchev–Trinajstić information content (AvgIpc) is 2.19. The second-order valence-electron chi connectivity index (χ2n) is 4.08. The van der Waals surface area contributed by atoms with Crippen molar-refractivity contribution in [2.45, 2.75) is 30.5 Å². The highest BCUT2D eigenvalue weighted by molar-refractivity contribution is 5.28. The standard InChI is InChI=1S/C11H16O2/c1-3-10(12)8-9-4-6-11(10,13-2)7-5-9/h3-4,6,9,12H,1,5,7-8H2,2H3/t9-,10+,11-/m0/s1. The van der Waals surface area contributed by atoms with Gasteiger partial charge in [-0.3, -0.25) is 0 Å². The fourth-order valence-electron chi connectivity index (χ4n) is 2.58. The van der Waals surface area contributed by atoms with Gasteiger partial charge in [0.05, 0.1) is 0 Å². The van der Waals surface area contributed by atoms with Crippen LogP contribution in [0.1, 0.15) is 19.3 Å². The minimum atomic E-state index is -0.862. The van der Waals surface area contributed by atoms with Crippen LogP contribution in [0.5, 0.6) is 0 Å². The number of hydrogen-bond donors (Lipinski definition) is 1. The van der Waals surface area contributed by atoms with Gasteiger partial charge in [0.25, 0.3) is 0 Å². The fraction of sp³-hybridized carbons (Fsp3) is 0.636. The Kier molecular flexibility index (Phi) is 1.86. The molecule has 13 heavy (non-hydrogen) atoms. The van der Waals surface area contributed by atoms with Crippen LogP contribution in [0, 0.1) is 5.92 Å². The highest BCUT2D eigenvalue weighted by Gasteiger charge is 2.53. The van der Waals surface area contributed by atoms with Gasteiger partial charge < -0.3 is 9.84 Å². The van der Waals surface area contributed by atoms with Crippen LogP contribution in [-0.4, -0.2) is 23.4 Å². The first kappa shape index (κ1) is 8.97. The number of methoxy groups -OCH3 is 1. The molecule has 0 unspecified atom stereocenters. The third kappa shape index (κ3) is 1.02. The molecule has 2 nitrogen and oxygen atoms in total. The molecule has 0 saturated heterocycles. The Morgan fingerprint density at radius 1 is 1.69 bits per heavy atom. The SMILES string of the molecule is C=C[C@@]1(O)C[C@H]2C=C[C@]1(OC)CC2. The Balaban J connectivity index is 2.43. The molecule has 0 aromatic carbocycles. The lowest BCUT2D eigenvalue weighted by atomic mass is 9.63. The third-order valence-electron chi connectivity index (χ3n) is 3.53.